The highest BCUT2D eigenvalue weighted by Gasteiger charge is 2.12. The average Bonchev–Trinajstić information content (AvgIpc) is 3.03. The van der Waals surface area contributed by atoms with E-state index in [0.29, 0.717) is 0 Å². The van der Waals surface area contributed by atoms with E-state index in [4.69, 9.17) is 6.42 Å². The summed E-state index contributed by atoms with van der Waals surface area (Å²) in [5, 5.41) is 2.38. The minimum absolute atomic E-state index is 0.804. The highest BCUT2D eigenvalue weighted by atomic mass is 15.1. The summed E-state index contributed by atoms with van der Waals surface area (Å²) in [5.74, 6) is 10.5. The van der Waals surface area contributed by atoms with E-state index in [1.807, 2.05) is 60.6 Å². The first-order valence-electron chi connectivity index (χ1n) is 13.4. The fourth-order valence-electron chi connectivity index (χ4n) is 4.37. The van der Waals surface area contributed by atoms with Crippen molar-refractivity contribution in [3.05, 3.63) is 169 Å². The zero-order chi connectivity index (χ0) is 29.9. The van der Waals surface area contributed by atoms with Gasteiger partial charge in [0.05, 0.1) is 5.69 Å². The molecule has 0 spiro atoms. The lowest BCUT2D eigenvalue weighted by molar-refractivity contribution is 1.30. The van der Waals surface area contributed by atoms with Gasteiger partial charge in [-0.1, -0.05) is 123 Å². The molecule has 3 aromatic carbocycles. The van der Waals surface area contributed by atoms with E-state index in [0.717, 1.165) is 50.2 Å². The third-order valence-corrected chi connectivity index (χ3v) is 6.74. The predicted octanol–water partition coefficient (Wildman–Crippen LogP) is 9.73. The Labute approximate surface area is 250 Å². The third-order valence-electron chi connectivity index (χ3n) is 6.74. The van der Waals surface area contributed by atoms with Gasteiger partial charge in [0, 0.05) is 24.1 Å². The molecule has 0 saturated heterocycles. The lowest BCUT2D eigenvalue weighted by Gasteiger charge is -2.18. The number of nitrogens with zero attached hydrogens (tertiary/aromatic N) is 1. The van der Waals surface area contributed by atoms with Crippen LogP contribution < -0.4 is 4.90 Å². The fraction of sp³-hybridized carbons (Fsp3) is 0.0244. The van der Waals surface area contributed by atoms with Crippen molar-refractivity contribution < 1.29 is 0 Å². The largest absolute Gasteiger partial charge is 0.275 e. The molecule has 42 heavy (non-hydrogen) atoms. The highest BCUT2D eigenvalue weighted by Crippen LogP contribution is 2.34. The molecule has 0 fully saturated rings. The van der Waals surface area contributed by atoms with Crippen LogP contribution in [-0.4, -0.2) is 0 Å². The van der Waals surface area contributed by atoms with E-state index in [1.165, 1.54) is 10.8 Å². The number of benzene rings is 3. The number of allylic oxidation sites excluding steroid dienone is 12. The molecule has 200 valence electrons. The summed E-state index contributed by atoms with van der Waals surface area (Å²) in [7, 11) is 0. The van der Waals surface area contributed by atoms with Gasteiger partial charge in [-0.15, -0.1) is 6.42 Å². The van der Waals surface area contributed by atoms with Crippen LogP contribution in [0.15, 0.2) is 164 Å². The molecule has 4 rings (SSSR count). The molecule has 0 atom stereocenters. The third kappa shape index (κ3) is 7.17. The van der Waals surface area contributed by atoms with Crippen LogP contribution in [0.5, 0.6) is 0 Å². The van der Waals surface area contributed by atoms with Crippen LogP contribution >= 0.6 is 0 Å². The Balaban J connectivity index is 1.92. The smallest absolute Gasteiger partial charge is 0.0611 e. The minimum atomic E-state index is 0.804. The summed E-state index contributed by atoms with van der Waals surface area (Å²) < 4.78 is 0. The molecule has 1 nitrogen and oxygen atoms in total. The topological polar surface area (TPSA) is 3.24 Å². The molecule has 0 aromatic heterocycles. The first kappa shape index (κ1) is 29.1. The second kappa shape index (κ2) is 13.9. The quantitative estimate of drug-likeness (QED) is 0.231. The maximum absolute atomic E-state index is 5.32. The summed E-state index contributed by atoms with van der Waals surface area (Å²) in [6.45, 7) is 18.4. The van der Waals surface area contributed by atoms with Gasteiger partial charge in [0.1, 0.15) is 0 Å². The lowest BCUT2D eigenvalue weighted by Crippen LogP contribution is -2.10. The van der Waals surface area contributed by atoms with Crippen molar-refractivity contribution in [3.63, 3.8) is 0 Å². The van der Waals surface area contributed by atoms with Gasteiger partial charge in [-0.25, -0.2) is 0 Å². The zero-order valence-electron chi connectivity index (χ0n) is 23.8. The van der Waals surface area contributed by atoms with Gasteiger partial charge in [0.25, 0.3) is 0 Å². The van der Waals surface area contributed by atoms with Crippen LogP contribution in [-0.2, 0) is 0 Å². The Hall–Kier alpha value is -5.94. The molecule has 1 aliphatic heterocycles. The SMILES string of the molecule is C#CC#CC#CN1/C=C(/C=C/C(=C)/C(C)=C/C=C)\C=C/C(=C)C(=C)/C=C\c2cc(-c3cccc4ccccc34)ccc21. The van der Waals surface area contributed by atoms with E-state index < -0.39 is 0 Å². The first-order chi connectivity index (χ1) is 20.4. The van der Waals surface area contributed by atoms with Crippen molar-refractivity contribution in [1.29, 1.82) is 0 Å². The summed E-state index contributed by atoms with van der Waals surface area (Å²) in [5.41, 5.74) is 8.48. The molecular formula is C41H31N. The van der Waals surface area contributed by atoms with Crippen molar-refractivity contribution in [1.82, 2.24) is 0 Å². The van der Waals surface area contributed by atoms with Crippen LogP contribution in [0.1, 0.15) is 12.5 Å². The maximum atomic E-state index is 5.32. The van der Waals surface area contributed by atoms with Crippen LogP contribution in [0.2, 0.25) is 0 Å². The van der Waals surface area contributed by atoms with Gasteiger partial charge in [0.2, 0.25) is 0 Å². The van der Waals surface area contributed by atoms with Gasteiger partial charge in [-0.3, -0.25) is 4.90 Å². The Morgan fingerprint density at radius 1 is 0.881 bits per heavy atom. The normalized spacial score (nSPS) is 16.0. The number of rotatable bonds is 5. The van der Waals surface area contributed by atoms with Crippen molar-refractivity contribution >= 4 is 22.5 Å². The molecule has 0 radical (unpaired) electrons. The number of anilines is 1. The Morgan fingerprint density at radius 3 is 2.43 bits per heavy atom. The van der Waals surface area contributed by atoms with Gasteiger partial charge in [-0.2, -0.15) is 0 Å². The minimum Gasteiger partial charge on any atom is -0.275 e. The van der Waals surface area contributed by atoms with Crippen molar-refractivity contribution in [2.24, 2.45) is 0 Å². The number of fused-ring (bicyclic) bond motifs is 2. The molecule has 0 N–H and O–H groups in total. The summed E-state index contributed by atoms with van der Waals surface area (Å²) in [6.07, 6.45) is 22.9. The maximum Gasteiger partial charge on any atom is 0.0611 e. The van der Waals surface area contributed by atoms with E-state index in [9.17, 15) is 0 Å². The number of hydrogen-bond acceptors (Lipinski definition) is 1. The van der Waals surface area contributed by atoms with Crippen LogP contribution in [0.25, 0.3) is 28.0 Å². The fourth-order valence-corrected chi connectivity index (χ4v) is 4.37. The molecule has 3 aromatic rings. The van der Waals surface area contributed by atoms with Crippen LogP contribution in [0.4, 0.5) is 5.69 Å². The average molecular weight is 538 g/mol. The molecule has 1 heteroatoms. The van der Waals surface area contributed by atoms with Crippen molar-refractivity contribution in [2.45, 2.75) is 6.92 Å². The second-order valence-corrected chi connectivity index (χ2v) is 9.59. The highest BCUT2D eigenvalue weighted by molar-refractivity contribution is 5.97. The van der Waals surface area contributed by atoms with Crippen LogP contribution in [0, 0.1) is 36.1 Å². The van der Waals surface area contributed by atoms with Gasteiger partial charge in [-0.05, 0) is 86.2 Å². The standard InChI is InChI=1S/C41H31N/c1-7-9-10-13-28-42-30-35(23-20-32(4)31(3)15-8-2)24-21-33(5)34(6)22-25-38-29-37(26-27-41(38)42)40-19-14-17-36-16-11-12-18-39(36)40/h1,8,11-12,14-27,29-30H,2,4-6H2,3H3/b23-20+,24-21-,25-22-,31-15+,35-30-. The zero-order valence-corrected chi connectivity index (χ0v) is 23.8. The first-order valence-corrected chi connectivity index (χ1v) is 13.4. The predicted molar refractivity (Wildman–Crippen MR) is 183 cm³/mol. The summed E-state index contributed by atoms with van der Waals surface area (Å²) >= 11 is 0. The molecule has 0 saturated carbocycles. The monoisotopic (exact) mass is 537 g/mol. The number of terminal acetylenes is 1. The lowest BCUT2D eigenvalue weighted by atomic mass is 9.95. The molecule has 1 heterocycles. The van der Waals surface area contributed by atoms with Gasteiger partial charge >= 0.3 is 0 Å². The Morgan fingerprint density at radius 2 is 1.64 bits per heavy atom. The summed E-state index contributed by atoms with van der Waals surface area (Å²) in [6, 6.07) is 24.3. The van der Waals surface area contributed by atoms with E-state index in [-0.39, 0.29) is 0 Å². The Bertz CT molecular complexity index is 1910. The number of hydrogen-bond donors (Lipinski definition) is 0. The second-order valence-electron chi connectivity index (χ2n) is 9.59. The van der Waals surface area contributed by atoms with E-state index in [1.54, 1.807) is 6.08 Å². The molecule has 0 unspecified atom stereocenters. The van der Waals surface area contributed by atoms with E-state index >= 15 is 0 Å². The molecule has 1 aliphatic rings. The van der Waals surface area contributed by atoms with Crippen molar-refractivity contribution in [2.75, 3.05) is 4.90 Å². The van der Waals surface area contributed by atoms with Gasteiger partial charge < -0.3 is 0 Å². The summed E-state index contributed by atoms with van der Waals surface area (Å²) in [4.78, 5) is 1.87. The Kier molecular flexibility index (Phi) is 9.63. The molecule has 0 aliphatic carbocycles. The molecule has 0 amide bonds. The van der Waals surface area contributed by atoms with Crippen LogP contribution in [0.3, 0.4) is 0 Å². The van der Waals surface area contributed by atoms with Crippen molar-refractivity contribution in [3.8, 4) is 47.3 Å². The van der Waals surface area contributed by atoms with E-state index in [2.05, 4.69) is 117 Å². The van der Waals surface area contributed by atoms with Gasteiger partial charge in [0.15, 0.2) is 0 Å². The molecular weight excluding hydrogens is 506 g/mol. The molecule has 0 bridgehead atoms.